The largest absolute Gasteiger partial charge is 0.772 e. The molecule has 19 nitrogen and oxygen atoms in total. The first-order chi connectivity index (χ1) is 50.5. The minimum absolute atomic E-state index is 0.0775. The van der Waals surface area contributed by atoms with E-state index in [-0.39, 0.29) is 78.6 Å². The molecular formula is C77H88F9N6O13S2-. The molecule has 0 spiro atoms. The summed E-state index contributed by atoms with van der Waals surface area (Å²) < 4.78 is 189. The van der Waals surface area contributed by atoms with E-state index in [9.17, 15) is 90.7 Å². The molecule has 0 radical (unpaired) electrons. The number of carbonyl (C=O) groups is 6. The van der Waals surface area contributed by atoms with Gasteiger partial charge < -0.3 is 29.0 Å². The van der Waals surface area contributed by atoms with E-state index in [0.717, 1.165) is 87.8 Å². The number of benzene rings is 5. The van der Waals surface area contributed by atoms with E-state index in [2.05, 4.69) is 31.8 Å². The second-order valence-corrected chi connectivity index (χ2v) is 32.0. The van der Waals surface area contributed by atoms with E-state index in [0.29, 0.717) is 59.7 Å². The highest BCUT2D eigenvalue weighted by atomic mass is 32.2. The van der Waals surface area contributed by atoms with Crippen LogP contribution in [0.1, 0.15) is 155 Å². The van der Waals surface area contributed by atoms with Crippen molar-refractivity contribution >= 4 is 61.6 Å². The first kappa shape index (κ1) is 83.1. The number of nitriles is 1. The van der Waals surface area contributed by atoms with E-state index in [1.54, 1.807) is 38.1 Å². The van der Waals surface area contributed by atoms with Gasteiger partial charge in [-0.3, -0.25) is 48.5 Å². The molecule has 5 aromatic rings. The van der Waals surface area contributed by atoms with Gasteiger partial charge in [0.2, 0.25) is 5.78 Å². The Hall–Kier alpha value is -7.92. The molecule has 1 amide bonds. The molecule has 3 aliphatic heterocycles. The summed E-state index contributed by atoms with van der Waals surface area (Å²) in [6, 6.07) is 21.2. The van der Waals surface area contributed by atoms with Gasteiger partial charge in [0, 0.05) is 86.8 Å². The lowest BCUT2D eigenvalue weighted by molar-refractivity contribution is -0.162. The molecule has 3 saturated carbocycles. The van der Waals surface area contributed by atoms with Gasteiger partial charge in [-0.2, -0.15) is 31.6 Å². The summed E-state index contributed by atoms with van der Waals surface area (Å²) in [6.45, 7) is 11.2. The fourth-order valence-corrected chi connectivity index (χ4v) is 15.4. The highest BCUT2D eigenvalue weighted by Gasteiger charge is 2.50. The second kappa shape index (κ2) is 36.1. The highest BCUT2D eigenvalue weighted by Crippen LogP contribution is 2.49. The summed E-state index contributed by atoms with van der Waals surface area (Å²) >= 11 is -2.23. The van der Waals surface area contributed by atoms with Crippen LogP contribution >= 0.6 is 0 Å². The minimum atomic E-state index is -4.92. The molecule has 3 heterocycles. The predicted molar refractivity (Wildman–Crippen MR) is 378 cm³/mol. The smallest absolute Gasteiger partial charge is 0.407 e. The Labute approximate surface area is 618 Å². The Bertz CT molecular complexity index is 4100. The lowest BCUT2D eigenvalue weighted by Gasteiger charge is -2.43. The van der Waals surface area contributed by atoms with E-state index < -0.39 is 140 Å². The number of nitrogens with zero attached hydrogens (tertiary/aromatic N) is 3. The third kappa shape index (κ3) is 24.5. The molecular weight excluding hydrogens is 1450 g/mol. The number of hydrogen-bond acceptors (Lipinski definition) is 18. The van der Waals surface area contributed by atoms with Crippen LogP contribution in [-0.4, -0.2) is 157 Å². The van der Waals surface area contributed by atoms with Crippen LogP contribution in [-0.2, 0) is 60.1 Å². The minimum Gasteiger partial charge on any atom is -0.772 e. The van der Waals surface area contributed by atoms with Gasteiger partial charge in [-0.15, -0.1) is 0 Å². The monoisotopic (exact) mass is 1540 g/mol. The van der Waals surface area contributed by atoms with Crippen molar-refractivity contribution in [3.05, 3.63) is 155 Å². The summed E-state index contributed by atoms with van der Waals surface area (Å²) in [6.07, 6.45) is -7.06. The fraction of sp³-hybridized carbons (Fsp3) is 0.519. The van der Waals surface area contributed by atoms with Crippen LogP contribution in [0.15, 0.2) is 115 Å². The average Bonchev–Trinajstić information content (AvgIpc) is 1.75. The number of piperazine rings is 1. The highest BCUT2D eigenvalue weighted by molar-refractivity contribution is 7.91. The van der Waals surface area contributed by atoms with E-state index >= 15 is 0 Å². The number of sulfone groups is 1. The number of hydrogen-bond donors (Lipinski definition) is 3. The number of fused-ring (bicyclic) bond motifs is 1. The maximum atomic E-state index is 14.4. The van der Waals surface area contributed by atoms with Gasteiger partial charge in [-0.05, 0) is 153 Å². The topological polar surface area (TPSA) is 271 Å². The summed E-state index contributed by atoms with van der Waals surface area (Å²) in [5.74, 6) is -6.30. The number of ether oxygens (including phenoxy) is 3. The zero-order valence-corrected chi connectivity index (χ0v) is 61.3. The molecule has 11 rings (SSSR count). The van der Waals surface area contributed by atoms with Gasteiger partial charge in [0.25, 0.3) is 5.91 Å². The van der Waals surface area contributed by atoms with Gasteiger partial charge in [0.15, 0.2) is 33.3 Å². The molecule has 5 aromatic carbocycles. The number of Topliss-reactive ketones (excluding diaryl/α,β-unsaturated/α-hetero) is 4. The number of rotatable bonds is 32. The lowest BCUT2D eigenvalue weighted by Crippen LogP contribution is -2.56. The van der Waals surface area contributed by atoms with Crippen LogP contribution in [0.5, 0.6) is 5.75 Å². The second-order valence-electron chi connectivity index (χ2n) is 29.0. The van der Waals surface area contributed by atoms with Crippen molar-refractivity contribution < 1.29 is 99.7 Å². The summed E-state index contributed by atoms with van der Waals surface area (Å²) in [5, 5.41) is 16.8. The number of ketones is 4. The number of anilines is 1. The molecule has 8 atom stereocenters. The van der Waals surface area contributed by atoms with E-state index in [4.69, 9.17) is 14.2 Å². The van der Waals surface area contributed by atoms with Crippen molar-refractivity contribution in [2.75, 3.05) is 62.4 Å². The maximum absolute atomic E-state index is 14.4. The van der Waals surface area contributed by atoms with Crippen LogP contribution in [0.25, 0.3) is 11.1 Å². The number of nitrogens with one attached hydrogen (secondary N) is 3. The first-order valence-corrected chi connectivity index (χ1v) is 38.8. The summed E-state index contributed by atoms with van der Waals surface area (Å²) in [4.78, 5) is 80.8. The molecule has 580 valence electrons. The van der Waals surface area contributed by atoms with Crippen molar-refractivity contribution in [2.45, 2.75) is 171 Å². The fourth-order valence-electron chi connectivity index (χ4n) is 12.9. The van der Waals surface area contributed by atoms with Gasteiger partial charge in [0.05, 0.1) is 60.4 Å². The van der Waals surface area contributed by atoms with Crippen molar-refractivity contribution in [2.24, 2.45) is 23.2 Å². The third-order valence-electron chi connectivity index (χ3n) is 19.7. The van der Waals surface area contributed by atoms with Crippen LogP contribution in [0.2, 0.25) is 0 Å². The van der Waals surface area contributed by atoms with Gasteiger partial charge in [0.1, 0.15) is 41.7 Å². The Balaban J connectivity index is 0.000000185. The standard InChI is InChI=1S/C26H28F4N2O3S.C26H30FN3O5.C25H31F4NO5S/c1-24(2,27)13-21(22(33)14-25(16-31)11-12-25)32-23(26(28,29)30)20-9-7-19(8-10-20)18-5-3-17(4-6-18)15-36(34)35;1-2-24(31)35-23-16-34-22-8-7-19(29-9-11-30(12-10-29)20-14-33-15-20)13-21(22)25(23)28-26(32)17-3-5-18(27)6-4-17;1-2-17(23(33)22(32)11-15-3-4-15)12-21(31)20(14-36(34,35)13-16-5-6-16)30-24(25(27,28)29)18-7-9-19(26)10-8-18/h3-10,21,23,32H,11-15H2,1-2H3,(H,34,35);3-8,13,20,23,25H,2,9-12,14-16H2,1H3,(H,28,32);7-10,15-17,20,24,30H,2-6,11-14H2,1H3/p-1/t21-,23-;23-,25-;17-,20+,24+/m001/s1. The molecule has 6 aliphatic rings. The van der Waals surface area contributed by atoms with E-state index in [1.165, 1.54) is 62.4 Å². The number of amides is 1. The number of alkyl halides is 7. The molecule has 3 aliphatic carbocycles. The zero-order chi connectivity index (χ0) is 77.8. The summed E-state index contributed by atoms with van der Waals surface area (Å²) in [7, 11) is -3.89. The molecule has 0 bridgehead atoms. The summed E-state index contributed by atoms with van der Waals surface area (Å²) in [5.41, 5.74) is 0.729. The molecule has 2 saturated heterocycles. The normalized spacial score (nSPS) is 19.7. The van der Waals surface area contributed by atoms with Crippen LogP contribution in [0.3, 0.4) is 0 Å². The quantitative estimate of drug-likeness (QED) is 0.0156. The molecule has 1 unspecified atom stereocenters. The van der Waals surface area contributed by atoms with Crippen LogP contribution < -0.4 is 25.6 Å². The maximum Gasteiger partial charge on any atom is 0.407 e. The first-order valence-electron chi connectivity index (χ1n) is 35.7. The molecule has 0 aromatic heterocycles. The van der Waals surface area contributed by atoms with Gasteiger partial charge >= 0.3 is 18.3 Å². The Morgan fingerprint density at radius 1 is 0.729 bits per heavy atom. The third-order valence-corrected chi connectivity index (χ3v) is 22.1. The van der Waals surface area contributed by atoms with Gasteiger partial charge in [-0.1, -0.05) is 85.6 Å². The van der Waals surface area contributed by atoms with Crippen LogP contribution in [0, 0.1) is 46.1 Å². The SMILES string of the molecule is CC(C)(F)C[C@H](N[C@@H](c1ccc(-c2ccc(CS(=O)[O-])cc2)cc1)C(F)(F)F)C(=O)CC1(C#N)CC1.CCC(=O)O[C@H]1COc2ccc(N3CCN(C4COC4)CC3)cc2[C@@H]1NC(=O)c1ccc(F)cc1.CC[C@H](CC(=O)[C@H](CS(=O)(=O)CC1CC1)N[C@@H](c1ccc(F)cc1)C(F)(F)F)C(=O)C(=O)CC1CC1. The van der Waals surface area contributed by atoms with Gasteiger partial charge in [-0.25, -0.2) is 21.6 Å². The van der Waals surface area contributed by atoms with Crippen molar-refractivity contribution in [1.29, 1.82) is 5.26 Å². The number of esters is 1. The molecule has 30 heteroatoms. The number of carbonyl (C=O) groups excluding carboxylic acids is 6. The average molecular weight is 1540 g/mol. The Morgan fingerprint density at radius 3 is 1.78 bits per heavy atom. The molecule has 3 N–H and O–H groups in total. The zero-order valence-electron chi connectivity index (χ0n) is 59.7. The Morgan fingerprint density at radius 2 is 1.28 bits per heavy atom. The molecule has 5 fully saturated rings. The van der Waals surface area contributed by atoms with Crippen molar-refractivity contribution in [3.63, 3.8) is 0 Å². The molecule has 107 heavy (non-hydrogen) atoms. The van der Waals surface area contributed by atoms with E-state index in [1.807, 2.05) is 18.2 Å². The lowest BCUT2D eigenvalue weighted by atomic mass is 9.89. The Kier molecular flexibility index (Phi) is 28.0. The predicted octanol–water partition coefficient (Wildman–Crippen LogP) is 12.4. The van der Waals surface area contributed by atoms with Crippen molar-refractivity contribution in [3.8, 4) is 22.9 Å². The van der Waals surface area contributed by atoms with Crippen molar-refractivity contribution in [1.82, 2.24) is 20.9 Å². The van der Waals surface area contributed by atoms with Crippen LogP contribution in [0.4, 0.5) is 45.2 Å². The number of halogens is 9.